The molecule has 0 saturated carbocycles. The summed E-state index contributed by atoms with van der Waals surface area (Å²) in [4.78, 5) is 4.39. The highest BCUT2D eigenvalue weighted by Gasteiger charge is 2.21. The second kappa shape index (κ2) is 10.6. The smallest absolute Gasteiger partial charge is 0.345 e. The lowest BCUT2D eigenvalue weighted by Crippen LogP contribution is -2.16. The average molecular weight is 525 g/mol. The SMILES string of the molecule is Nc1ccc(Cl)c(F)c1-c1ccc(C(CCOC(F)F)n2cc(-c3c(F)cccc3Cl)cn2)nc1. The molecular formula is C24H18Cl2F4N4O. The molecular weight excluding hydrogens is 507 g/mol. The molecule has 1 atom stereocenters. The summed E-state index contributed by atoms with van der Waals surface area (Å²) in [7, 11) is 0. The number of hydrogen-bond acceptors (Lipinski definition) is 4. The minimum atomic E-state index is -2.94. The van der Waals surface area contributed by atoms with Crippen molar-refractivity contribution in [2.75, 3.05) is 12.3 Å². The van der Waals surface area contributed by atoms with Gasteiger partial charge in [0.2, 0.25) is 0 Å². The topological polar surface area (TPSA) is 66.0 Å². The summed E-state index contributed by atoms with van der Waals surface area (Å²) in [6, 6.07) is 9.68. The Hall–Kier alpha value is -3.14. The normalized spacial score (nSPS) is 12.3. The Morgan fingerprint density at radius 2 is 1.74 bits per heavy atom. The van der Waals surface area contributed by atoms with Gasteiger partial charge in [-0.25, -0.2) is 8.78 Å². The largest absolute Gasteiger partial charge is 0.398 e. The molecule has 11 heteroatoms. The highest BCUT2D eigenvalue weighted by atomic mass is 35.5. The molecule has 2 aromatic carbocycles. The van der Waals surface area contributed by atoms with Crippen molar-refractivity contribution < 1.29 is 22.3 Å². The number of aromatic nitrogens is 3. The van der Waals surface area contributed by atoms with Crippen molar-refractivity contribution in [1.29, 1.82) is 0 Å². The highest BCUT2D eigenvalue weighted by molar-refractivity contribution is 6.33. The first-order chi connectivity index (χ1) is 16.8. The van der Waals surface area contributed by atoms with Crippen LogP contribution in [-0.4, -0.2) is 28.0 Å². The molecule has 0 aliphatic rings. The van der Waals surface area contributed by atoms with Crippen molar-refractivity contribution >= 4 is 28.9 Å². The van der Waals surface area contributed by atoms with Crippen LogP contribution in [0.1, 0.15) is 18.2 Å². The fraction of sp³-hybridized carbons (Fsp3) is 0.167. The number of halogens is 6. The van der Waals surface area contributed by atoms with E-state index in [1.807, 2.05) is 0 Å². The first-order valence-corrected chi connectivity index (χ1v) is 11.1. The maximum atomic E-state index is 14.6. The van der Waals surface area contributed by atoms with Gasteiger partial charge in [0.05, 0.1) is 34.6 Å². The number of alkyl halides is 2. The maximum Gasteiger partial charge on any atom is 0.345 e. The number of nitrogens with two attached hydrogens (primary N) is 1. The van der Waals surface area contributed by atoms with E-state index in [0.717, 1.165) is 0 Å². The second-order valence-electron chi connectivity index (χ2n) is 7.54. The van der Waals surface area contributed by atoms with Gasteiger partial charge in [-0.2, -0.15) is 13.9 Å². The van der Waals surface area contributed by atoms with Crippen molar-refractivity contribution in [3.05, 3.63) is 88.4 Å². The minimum absolute atomic E-state index is 0.0798. The van der Waals surface area contributed by atoms with Crippen molar-refractivity contribution in [1.82, 2.24) is 14.8 Å². The quantitative estimate of drug-likeness (QED) is 0.199. The molecule has 0 spiro atoms. The molecule has 4 aromatic rings. The number of ether oxygens (including phenoxy) is 1. The van der Waals surface area contributed by atoms with Gasteiger partial charge in [0.15, 0.2) is 5.82 Å². The molecule has 0 radical (unpaired) electrons. The van der Waals surface area contributed by atoms with E-state index in [-0.39, 0.29) is 39.9 Å². The average Bonchev–Trinajstić information content (AvgIpc) is 3.29. The van der Waals surface area contributed by atoms with E-state index in [1.54, 1.807) is 24.4 Å². The lowest BCUT2D eigenvalue weighted by atomic mass is 10.0. The molecule has 2 aromatic heterocycles. The zero-order valence-electron chi connectivity index (χ0n) is 17.9. The second-order valence-corrected chi connectivity index (χ2v) is 8.35. The molecule has 35 heavy (non-hydrogen) atoms. The summed E-state index contributed by atoms with van der Waals surface area (Å²) in [5, 5.41) is 4.39. The van der Waals surface area contributed by atoms with Crippen LogP contribution < -0.4 is 5.73 Å². The molecule has 0 fully saturated rings. The van der Waals surface area contributed by atoms with Crippen molar-refractivity contribution in [3.8, 4) is 22.3 Å². The van der Waals surface area contributed by atoms with Gasteiger partial charge in [-0.3, -0.25) is 9.67 Å². The van der Waals surface area contributed by atoms with E-state index in [0.29, 0.717) is 16.8 Å². The number of rotatable bonds is 8. The first kappa shape index (κ1) is 25.0. The fourth-order valence-corrected chi connectivity index (χ4v) is 4.13. The van der Waals surface area contributed by atoms with Gasteiger partial charge in [-0.15, -0.1) is 0 Å². The van der Waals surface area contributed by atoms with Gasteiger partial charge in [0.1, 0.15) is 5.82 Å². The van der Waals surface area contributed by atoms with Gasteiger partial charge in [-0.05, 0) is 36.8 Å². The molecule has 0 amide bonds. The Kier molecular flexibility index (Phi) is 7.59. The molecule has 1 unspecified atom stereocenters. The van der Waals surface area contributed by atoms with Crippen LogP contribution in [0.25, 0.3) is 22.3 Å². The number of anilines is 1. The van der Waals surface area contributed by atoms with Gasteiger partial charge in [-0.1, -0.05) is 35.3 Å². The van der Waals surface area contributed by atoms with E-state index in [9.17, 15) is 17.6 Å². The van der Waals surface area contributed by atoms with E-state index in [2.05, 4.69) is 14.8 Å². The van der Waals surface area contributed by atoms with Crippen LogP contribution in [0, 0.1) is 11.6 Å². The standard InChI is InChI=1S/C24H18Cl2F4N4O/c25-15-2-1-3-17(27)21(15)14-11-33-34(12-14)20(8-9-35-24(29)30)19-7-4-13(10-32-19)22-18(31)6-5-16(26)23(22)28/h1-7,10-12,20,24H,8-9,31H2. The molecule has 0 bridgehead atoms. The number of hydrogen-bond donors (Lipinski definition) is 1. The zero-order chi connectivity index (χ0) is 25.1. The Labute approximate surface area is 208 Å². The minimum Gasteiger partial charge on any atom is -0.398 e. The van der Waals surface area contributed by atoms with E-state index in [4.69, 9.17) is 28.9 Å². The van der Waals surface area contributed by atoms with Crippen LogP contribution in [0.3, 0.4) is 0 Å². The third-order valence-electron chi connectivity index (χ3n) is 5.35. The number of nitrogens with zero attached hydrogens (tertiary/aromatic N) is 3. The lowest BCUT2D eigenvalue weighted by molar-refractivity contribution is -0.130. The summed E-state index contributed by atoms with van der Waals surface area (Å²) < 4.78 is 60.0. The summed E-state index contributed by atoms with van der Waals surface area (Å²) >= 11 is 12.0. The fourth-order valence-electron chi connectivity index (χ4n) is 3.70. The molecule has 0 aliphatic heterocycles. The van der Waals surface area contributed by atoms with Crippen LogP contribution in [0.4, 0.5) is 23.2 Å². The van der Waals surface area contributed by atoms with E-state index >= 15 is 0 Å². The Morgan fingerprint density at radius 3 is 2.43 bits per heavy atom. The van der Waals surface area contributed by atoms with Crippen LogP contribution in [-0.2, 0) is 4.74 Å². The number of nitrogen functional groups attached to an aromatic ring is 1. The maximum absolute atomic E-state index is 14.6. The summed E-state index contributed by atoms with van der Waals surface area (Å²) in [5.74, 6) is -1.21. The van der Waals surface area contributed by atoms with Crippen LogP contribution in [0.15, 0.2) is 61.1 Å². The van der Waals surface area contributed by atoms with Gasteiger partial charge >= 0.3 is 6.61 Å². The number of pyridine rings is 1. The zero-order valence-corrected chi connectivity index (χ0v) is 19.4. The van der Waals surface area contributed by atoms with Gasteiger partial charge < -0.3 is 10.5 Å². The number of benzene rings is 2. The van der Waals surface area contributed by atoms with Crippen molar-refractivity contribution in [2.45, 2.75) is 19.1 Å². The van der Waals surface area contributed by atoms with Crippen LogP contribution in [0.2, 0.25) is 10.0 Å². The summed E-state index contributed by atoms with van der Waals surface area (Å²) in [6.45, 7) is -3.23. The molecule has 2 N–H and O–H groups in total. The van der Waals surface area contributed by atoms with Gasteiger partial charge in [0.25, 0.3) is 0 Å². The monoisotopic (exact) mass is 524 g/mol. The first-order valence-electron chi connectivity index (χ1n) is 10.3. The van der Waals surface area contributed by atoms with Gasteiger partial charge in [0, 0.05) is 40.3 Å². The Bertz CT molecular complexity index is 1310. The highest BCUT2D eigenvalue weighted by Crippen LogP contribution is 2.34. The van der Waals surface area contributed by atoms with E-state index < -0.39 is 24.3 Å². The van der Waals surface area contributed by atoms with Crippen molar-refractivity contribution in [2.24, 2.45) is 0 Å². The predicted molar refractivity (Wildman–Crippen MR) is 126 cm³/mol. The van der Waals surface area contributed by atoms with Crippen LogP contribution >= 0.6 is 23.2 Å². The predicted octanol–water partition coefficient (Wildman–Crippen LogP) is 7.00. The Morgan fingerprint density at radius 1 is 0.943 bits per heavy atom. The molecule has 182 valence electrons. The molecule has 0 aliphatic carbocycles. The van der Waals surface area contributed by atoms with Crippen molar-refractivity contribution in [3.63, 3.8) is 0 Å². The molecule has 4 rings (SSSR count). The molecule has 0 saturated heterocycles. The summed E-state index contributed by atoms with van der Waals surface area (Å²) in [6.07, 6.45) is 4.44. The third kappa shape index (κ3) is 5.42. The van der Waals surface area contributed by atoms with Crippen LogP contribution in [0.5, 0.6) is 0 Å². The Balaban J connectivity index is 1.69. The summed E-state index contributed by atoms with van der Waals surface area (Å²) in [5.41, 5.74) is 7.58. The van der Waals surface area contributed by atoms with E-state index in [1.165, 1.54) is 41.3 Å². The molecule has 5 nitrogen and oxygen atoms in total. The molecule has 2 heterocycles. The lowest BCUT2D eigenvalue weighted by Gasteiger charge is -2.18. The third-order valence-corrected chi connectivity index (χ3v) is 5.96.